The summed E-state index contributed by atoms with van der Waals surface area (Å²) in [6, 6.07) is 8.22. The van der Waals surface area contributed by atoms with Gasteiger partial charge in [-0.3, -0.25) is 19.8 Å². The van der Waals surface area contributed by atoms with E-state index < -0.39 is 23.7 Å². The van der Waals surface area contributed by atoms with Crippen LogP contribution < -0.4 is 5.32 Å². The minimum atomic E-state index is -1.10. The van der Waals surface area contributed by atoms with Gasteiger partial charge < -0.3 is 10.0 Å². The number of amides is 2. The van der Waals surface area contributed by atoms with Crippen molar-refractivity contribution >= 4 is 29.5 Å². The van der Waals surface area contributed by atoms with E-state index in [9.17, 15) is 19.5 Å². The fraction of sp³-hybridized carbons (Fsp3) is 0.421. The van der Waals surface area contributed by atoms with Crippen LogP contribution in [0.2, 0.25) is 0 Å². The van der Waals surface area contributed by atoms with Gasteiger partial charge in [-0.2, -0.15) is 0 Å². The maximum atomic E-state index is 13.2. The van der Waals surface area contributed by atoms with E-state index in [-0.39, 0.29) is 22.9 Å². The minimum absolute atomic E-state index is 0.0528. The van der Waals surface area contributed by atoms with E-state index in [2.05, 4.69) is 5.32 Å². The number of benzene rings is 1. The highest BCUT2D eigenvalue weighted by atomic mass is 32.2. The lowest BCUT2D eigenvalue weighted by molar-refractivity contribution is -0.162. The first-order chi connectivity index (χ1) is 12.7. The SMILES string of the molecule is CC1=C(C(=O)O)N2C(=O)[C@@H](N3C(=O)C(c4ccccc4)NC3(C)C)[C@H]2SC1. The highest BCUT2D eigenvalue weighted by Crippen LogP contribution is 2.46. The van der Waals surface area contributed by atoms with Gasteiger partial charge >= 0.3 is 5.97 Å². The summed E-state index contributed by atoms with van der Waals surface area (Å²) < 4.78 is 0. The largest absolute Gasteiger partial charge is 0.477 e. The molecule has 3 heterocycles. The van der Waals surface area contributed by atoms with Crippen molar-refractivity contribution in [1.29, 1.82) is 0 Å². The Bertz CT molecular complexity index is 867. The van der Waals surface area contributed by atoms with E-state index in [4.69, 9.17) is 0 Å². The zero-order valence-electron chi connectivity index (χ0n) is 15.3. The molecule has 0 aliphatic carbocycles. The van der Waals surface area contributed by atoms with E-state index in [1.165, 1.54) is 16.7 Å². The molecule has 1 aromatic carbocycles. The molecule has 3 aliphatic rings. The van der Waals surface area contributed by atoms with Crippen LogP contribution >= 0.6 is 11.8 Å². The van der Waals surface area contributed by atoms with Gasteiger partial charge in [0.1, 0.15) is 23.2 Å². The van der Waals surface area contributed by atoms with Crippen molar-refractivity contribution in [2.45, 2.75) is 43.9 Å². The Morgan fingerprint density at radius 1 is 1.22 bits per heavy atom. The average Bonchev–Trinajstić information content (AvgIpc) is 2.86. The Morgan fingerprint density at radius 3 is 2.52 bits per heavy atom. The molecule has 1 aromatic rings. The molecule has 4 rings (SSSR count). The van der Waals surface area contributed by atoms with E-state index in [1.807, 2.05) is 44.2 Å². The molecule has 2 saturated heterocycles. The van der Waals surface area contributed by atoms with Crippen LogP contribution in [0.25, 0.3) is 0 Å². The van der Waals surface area contributed by atoms with E-state index in [0.717, 1.165) is 5.56 Å². The lowest BCUT2D eigenvalue weighted by atomic mass is 9.99. The molecular formula is C19H21N3O4S. The summed E-state index contributed by atoms with van der Waals surface area (Å²) in [5.41, 5.74) is 0.851. The van der Waals surface area contributed by atoms with Crippen molar-refractivity contribution in [3.05, 3.63) is 47.2 Å². The summed E-state index contributed by atoms with van der Waals surface area (Å²) >= 11 is 1.50. The molecule has 3 aliphatic heterocycles. The quantitative estimate of drug-likeness (QED) is 0.765. The number of nitrogens with one attached hydrogen (secondary N) is 1. The monoisotopic (exact) mass is 387 g/mol. The topological polar surface area (TPSA) is 90.0 Å². The lowest BCUT2D eigenvalue weighted by Gasteiger charge is -2.54. The fourth-order valence-corrected chi connectivity index (χ4v) is 5.45. The number of rotatable bonds is 3. The number of carbonyl (C=O) groups excluding carboxylic acids is 2. The van der Waals surface area contributed by atoms with Gasteiger partial charge in [-0.1, -0.05) is 30.3 Å². The third-order valence-electron chi connectivity index (χ3n) is 5.33. The van der Waals surface area contributed by atoms with Crippen LogP contribution in [0.4, 0.5) is 0 Å². The molecule has 0 spiro atoms. The van der Waals surface area contributed by atoms with Crippen molar-refractivity contribution in [1.82, 2.24) is 15.1 Å². The number of β-lactam (4-membered cyclic amide) rings is 1. The van der Waals surface area contributed by atoms with Crippen molar-refractivity contribution in [3.63, 3.8) is 0 Å². The van der Waals surface area contributed by atoms with Crippen LogP contribution in [0.1, 0.15) is 32.4 Å². The third kappa shape index (κ3) is 2.58. The predicted molar refractivity (Wildman–Crippen MR) is 100 cm³/mol. The molecule has 2 N–H and O–H groups in total. The summed E-state index contributed by atoms with van der Waals surface area (Å²) in [5.74, 6) is -1.06. The number of hydrogen-bond donors (Lipinski definition) is 2. The average molecular weight is 387 g/mol. The Morgan fingerprint density at radius 2 is 1.89 bits per heavy atom. The number of nitrogens with zero attached hydrogens (tertiary/aromatic N) is 2. The predicted octanol–water partition coefficient (Wildman–Crippen LogP) is 1.54. The van der Waals surface area contributed by atoms with Gasteiger partial charge in [0.2, 0.25) is 5.91 Å². The molecule has 8 heteroatoms. The smallest absolute Gasteiger partial charge is 0.352 e. The molecule has 1 unspecified atom stereocenters. The molecular weight excluding hydrogens is 366 g/mol. The second kappa shape index (κ2) is 6.10. The number of carboxylic acids is 1. The number of fused-ring (bicyclic) bond motifs is 1. The fourth-order valence-electron chi connectivity index (χ4n) is 4.12. The normalized spacial score (nSPS) is 29.7. The molecule has 7 nitrogen and oxygen atoms in total. The first-order valence-electron chi connectivity index (χ1n) is 8.77. The summed E-state index contributed by atoms with van der Waals surface area (Å²) in [5, 5.41) is 12.4. The van der Waals surface area contributed by atoms with Crippen LogP contribution in [-0.2, 0) is 14.4 Å². The van der Waals surface area contributed by atoms with Gasteiger partial charge in [-0.25, -0.2) is 4.79 Å². The number of aliphatic carboxylic acids is 1. The summed E-state index contributed by atoms with van der Waals surface area (Å²) in [4.78, 5) is 40.7. The van der Waals surface area contributed by atoms with Crippen molar-refractivity contribution in [2.24, 2.45) is 0 Å². The number of thioether (sulfide) groups is 1. The van der Waals surface area contributed by atoms with E-state index in [0.29, 0.717) is 11.3 Å². The van der Waals surface area contributed by atoms with Gasteiger partial charge in [0.25, 0.3) is 5.91 Å². The minimum Gasteiger partial charge on any atom is -0.477 e. The highest BCUT2D eigenvalue weighted by Gasteiger charge is 2.61. The summed E-state index contributed by atoms with van der Waals surface area (Å²) in [6.45, 7) is 5.47. The Hall–Kier alpha value is -2.32. The van der Waals surface area contributed by atoms with Crippen LogP contribution in [0.15, 0.2) is 41.6 Å². The Labute approximate surface area is 161 Å². The Balaban J connectivity index is 1.66. The molecule has 0 saturated carbocycles. The second-order valence-electron chi connectivity index (χ2n) is 7.54. The van der Waals surface area contributed by atoms with Gasteiger partial charge in [0, 0.05) is 5.75 Å². The van der Waals surface area contributed by atoms with E-state index in [1.54, 1.807) is 11.8 Å². The maximum Gasteiger partial charge on any atom is 0.352 e. The number of carbonyl (C=O) groups is 3. The lowest BCUT2D eigenvalue weighted by Crippen LogP contribution is -2.73. The van der Waals surface area contributed by atoms with Crippen LogP contribution in [-0.4, -0.2) is 55.5 Å². The van der Waals surface area contributed by atoms with Crippen LogP contribution in [0.5, 0.6) is 0 Å². The number of hydrogen-bond acceptors (Lipinski definition) is 5. The van der Waals surface area contributed by atoms with Gasteiger partial charge in [0.15, 0.2) is 0 Å². The van der Waals surface area contributed by atoms with Crippen LogP contribution in [0.3, 0.4) is 0 Å². The van der Waals surface area contributed by atoms with Gasteiger partial charge in [-0.15, -0.1) is 11.8 Å². The molecule has 0 bridgehead atoms. The molecule has 142 valence electrons. The Kier molecular flexibility index (Phi) is 4.08. The molecule has 27 heavy (non-hydrogen) atoms. The maximum absolute atomic E-state index is 13.2. The molecule has 0 aromatic heterocycles. The standard InChI is InChI=1S/C19H21N3O4S/c1-10-9-27-17-14(16(24)21(17)13(10)18(25)26)22-15(23)12(20-19(22,2)3)11-7-5-4-6-8-11/h4-8,12,14,17,20H,9H2,1-3H3,(H,25,26)/t12?,14-,17-/m1/s1. The summed E-state index contributed by atoms with van der Waals surface area (Å²) in [7, 11) is 0. The molecule has 2 amide bonds. The molecule has 3 atom stereocenters. The van der Waals surface area contributed by atoms with Crippen LogP contribution in [0, 0.1) is 0 Å². The van der Waals surface area contributed by atoms with Crippen molar-refractivity contribution < 1.29 is 19.5 Å². The van der Waals surface area contributed by atoms with Gasteiger partial charge in [-0.05, 0) is 31.9 Å². The molecule has 2 fully saturated rings. The van der Waals surface area contributed by atoms with Crippen molar-refractivity contribution in [3.8, 4) is 0 Å². The zero-order valence-corrected chi connectivity index (χ0v) is 16.1. The first kappa shape index (κ1) is 18.1. The highest BCUT2D eigenvalue weighted by molar-refractivity contribution is 8.00. The van der Waals surface area contributed by atoms with E-state index >= 15 is 0 Å². The third-order valence-corrected chi connectivity index (χ3v) is 6.74. The molecule has 0 radical (unpaired) electrons. The second-order valence-corrected chi connectivity index (χ2v) is 8.65. The first-order valence-corrected chi connectivity index (χ1v) is 9.82. The van der Waals surface area contributed by atoms with Gasteiger partial charge in [0.05, 0.1) is 5.66 Å². The number of carboxylic acid groups (broad SMARTS) is 1. The summed E-state index contributed by atoms with van der Waals surface area (Å²) in [6.07, 6.45) is 0. The van der Waals surface area contributed by atoms with Crippen molar-refractivity contribution in [2.75, 3.05) is 5.75 Å². The zero-order chi connectivity index (χ0) is 19.5.